The Morgan fingerprint density at radius 1 is 0.912 bits per heavy atom. The predicted molar refractivity (Wildman–Crippen MR) is 135 cm³/mol. The van der Waals surface area contributed by atoms with Crippen molar-refractivity contribution >= 4 is 52.7 Å². The van der Waals surface area contributed by atoms with E-state index in [1.807, 2.05) is 38.1 Å². The molecular formula is C26H20Cl3NO4. The van der Waals surface area contributed by atoms with Gasteiger partial charge in [0.25, 0.3) is 0 Å². The molecule has 0 fully saturated rings. The summed E-state index contributed by atoms with van der Waals surface area (Å²) in [7, 11) is 0. The van der Waals surface area contributed by atoms with E-state index in [9.17, 15) is 4.79 Å². The van der Waals surface area contributed by atoms with Crippen LogP contribution in [0, 0.1) is 6.92 Å². The Labute approximate surface area is 212 Å². The van der Waals surface area contributed by atoms with Gasteiger partial charge in [0.05, 0.1) is 16.7 Å². The molecule has 0 amide bonds. The normalized spacial score (nSPS) is 14.2. The third-order valence-corrected chi connectivity index (χ3v) is 6.13. The Balaban J connectivity index is 1.56. The molecule has 4 rings (SSSR count). The van der Waals surface area contributed by atoms with Gasteiger partial charge in [-0.05, 0) is 73.0 Å². The molecule has 174 valence electrons. The fourth-order valence-electron chi connectivity index (χ4n) is 3.21. The van der Waals surface area contributed by atoms with E-state index in [0.717, 1.165) is 11.1 Å². The van der Waals surface area contributed by atoms with Crippen LogP contribution in [0.25, 0.3) is 6.08 Å². The van der Waals surface area contributed by atoms with Crippen LogP contribution in [-0.4, -0.2) is 18.5 Å². The highest BCUT2D eigenvalue weighted by Crippen LogP contribution is 2.32. The third-order valence-electron chi connectivity index (χ3n) is 4.99. The summed E-state index contributed by atoms with van der Waals surface area (Å²) in [4.78, 5) is 16.7. The molecule has 0 saturated carbocycles. The monoisotopic (exact) mass is 515 g/mol. The zero-order valence-corrected chi connectivity index (χ0v) is 20.7. The van der Waals surface area contributed by atoms with E-state index in [1.54, 1.807) is 36.4 Å². The fraction of sp³-hybridized carbons (Fsp3) is 0.154. The van der Waals surface area contributed by atoms with Crippen LogP contribution >= 0.6 is 34.8 Å². The van der Waals surface area contributed by atoms with Crippen LogP contribution < -0.4 is 9.47 Å². The molecule has 0 atom stereocenters. The first kappa shape index (κ1) is 24.1. The number of aryl methyl sites for hydroxylation is 1. The minimum Gasteiger partial charge on any atom is -0.490 e. The molecule has 3 aromatic rings. The van der Waals surface area contributed by atoms with Gasteiger partial charge in [-0.2, -0.15) is 0 Å². The molecule has 3 aromatic carbocycles. The van der Waals surface area contributed by atoms with Crippen molar-refractivity contribution in [3.8, 4) is 11.5 Å². The van der Waals surface area contributed by atoms with Crippen molar-refractivity contribution in [1.82, 2.24) is 0 Å². The number of hydrogen-bond donors (Lipinski definition) is 0. The first-order valence-corrected chi connectivity index (χ1v) is 11.6. The minimum absolute atomic E-state index is 0.179. The van der Waals surface area contributed by atoms with Crippen LogP contribution in [-0.2, 0) is 16.1 Å². The average molecular weight is 517 g/mol. The van der Waals surface area contributed by atoms with Crippen molar-refractivity contribution in [3.05, 3.63) is 97.6 Å². The van der Waals surface area contributed by atoms with Gasteiger partial charge in [-0.15, -0.1) is 0 Å². The van der Waals surface area contributed by atoms with Gasteiger partial charge in [0.15, 0.2) is 17.2 Å². The summed E-state index contributed by atoms with van der Waals surface area (Å²) in [6.45, 7) is 4.51. The van der Waals surface area contributed by atoms with Crippen molar-refractivity contribution < 1.29 is 19.0 Å². The summed E-state index contributed by atoms with van der Waals surface area (Å²) in [6.07, 6.45) is 1.64. The maximum Gasteiger partial charge on any atom is 0.363 e. The molecule has 34 heavy (non-hydrogen) atoms. The van der Waals surface area contributed by atoms with Gasteiger partial charge in [0.1, 0.15) is 6.61 Å². The van der Waals surface area contributed by atoms with Gasteiger partial charge in [0.2, 0.25) is 5.90 Å². The smallest absolute Gasteiger partial charge is 0.363 e. The van der Waals surface area contributed by atoms with Crippen molar-refractivity contribution in [1.29, 1.82) is 0 Å². The Bertz CT molecular complexity index is 1320. The second-order valence-electron chi connectivity index (χ2n) is 7.48. The van der Waals surface area contributed by atoms with Gasteiger partial charge >= 0.3 is 5.97 Å². The van der Waals surface area contributed by atoms with Crippen LogP contribution in [0.1, 0.15) is 29.2 Å². The maximum absolute atomic E-state index is 12.4. The molecule has 1 aliphatic rings. The van der Waals surface area contributed by atoms with Crippen LogP contribution in [0.2, 0.25) is 15.1 Å². The van der Waals surface area contributed by atoms with Gasteiger partial charge in [0, 0.05) is 10.6 Å². The maximum atomic E-state index is 12.4. The second kappa shape index (κ2) is 10.5. The van der Waals surface area contributed by atoms with Gasteiger partial charge in [-0.25, -0.2) is 9.79 Å². The number of carbonyl (C=O) groups is 1. The Morgan fingerprint density at radius 3 is 2.47 bits per heavy atom. The molecule has 0 N–H and O–H groups in total. The summed E-state index contributed by atoms with van der Waals surface area (Å²) in [5.74, 6) is 0.773. The van der Waals surface area contributed by atoms with Crippen LogP contribution in [0.3, 0.4) is 0 Å². The third kappa shape index (κ3) is 5.55. The van der Waals surface area contributed by atoms with Crippen molar-refractivity contribution in [2.45, 2.75) is 20.5 Å². The minimum atomic E-state index is -0.537. The zero-order chi connectivity index (χ0) is 24.2. The number of benzene rings is 3. The quantitative estimate of drug-likeness (QED) is 0.245. The largest absolute Gasteiger partial charge is 0.490 e. The van der Waals surface area contributed by atoms with E-state index in [0.29, 0.717) is 44.3 Å². The molecular weight excluding hydrogens is 497 g/mol. The van der Waals surface area contributed by atoms with E-state index >= 15 is 0 Å². The summed E-state index contributed by atoms with van der Waals surface area (Å²) in [5, 5.41) is 1.53. The Morgan fingerprint density at radius 2 is 1.74 bits per heavy atom. The molecule has 0 spiro atoms. The van der Waals surface area contributed by atoms with Crippen LogP contribution in [0.5, 0.6) is 11.5 Å². The molecule has 0 unspecified atom stereocenters. The summed E-state index contributed by atoms with van der Waals surface area (Å²) in [5.41, 5.74) is 3.32. The lowest BCUT2D eigenvalue weighted by atomic mass is 10.1. The van der Waals surface area contributed by atoms with Crippen molar-refractivity contribution in [2.75, 3.05) is 6.61 Å². The van der Waals surface area contributed by atoms with Crippen LogP contribution in [0.15, 0.2) is 65.3 Å². The second-order valence-corrected chi connectivity index (χ2v) is 8.70. The van der Waals surface area contributed by atoms with E-state index < -0.39 is 5.97 Å². The number of halogens is 3. The predicted octanol–water partition coefficient (Wildman–Crippen LogP) is 7.28. The Hall–Kier alpha value is -2.99. The lowest BCUT2D eigenvalue weighted by molar-refractivity contribution is -0.129. The highest BCUT2D eigenvalue weighted by atomic mass is 35.5. The number of esters is 1. The van der Waals surface area contributed by atoms with Gasteiger partial charge in [-0.1, -0.05) is 53.0 Å². The first-order chi connectivity index (χ1) is 16.3. The van der Waals surface area contributed by atoms with E-state index in [1.165, 1.54) is 0 Å². The van der Waals surface area contributed by atoms with Gasteiger partial charge < -0.3 is 14.2 Å². The average Bonchev–Trinajstić information content (AvgIpc) is 3.17. The number of ether oxygens (including phenoxy) is 3. The highest BCUT2D eigenvalue weighted by Gasteiger charge is 2.24. The molecule has 0 radical (unpaired) electrons. The Kier molecular flexibility index (Phi) is 7.47. The van der Waals surface area contributed by atoms with Crippen molar-refractivity contribution in [2.24, 2.45) is 4.99 Å². The molecule has 0 bridgehead atoms. The molecule has 1 heterocycles. The number of nitrogens with zero attached hydrogens (tertiary/aromatic N) is 1. The van der Waals surface area contributed by atoms with E-state index in [-0.39, 0.29) is 18.2 Å². The molecule has 5 nitrogen and oxygen atoms in total. The summed E-state index contributed by atoms with van der Waals surface area (Å²) < 4.78 is 17.0. The number of carbonyl (C=O) groups excluding carboxylic acids is 1. The fourth-order valence-corrected chi connectivity index (χ4v) is 3.71. The molecule has 1 aliphatic heterocycles. The lowest BCUT2D eigenvalue weighted by Gasteiger charge is -2.13. The van der Waals surface area contributed by atoms with Crippen molar-refractivity contribution in [3.63, 3.8) is 0 Å². The van der Waals surface area contributed by atoms with Gasteiger partial charge in [-0.3, -0.25) is 0 Å². The number of rotatable bonds is 7. The highest BCUT2D eigenvalue weighted by molar-refractivity contribution is 6.42. The number of hydrogen-bond acceptors (Lipinski definition) is 5. The first-order valence-electron chi connectivity index (χ1n) is 10.5. The number of cyclic esters (lactones) is 1. The zero-order valence-electron chi connectivity index (χ0n) is 18.4. The summed E-state index contributed by atoms with van der Waals surface area (Å²) in [6, 6.07) is 16.1. The van der Waals surface area contributed by atoms with E-state index in [4.69, 9.17) is 49.0 Å². The molecule has 0 aliphatic carbocycles. The standard InChI is InChI=1S/C26H20Cl3NO4/c1-3-32-24-12-16(6-9-23(24)33-14-17-5-8-19(27)21(29)10-17)11-22-26(31)34-25(30-22)18-7-4-15(2)20(28)13-18/h4-13H,3,14H2,1-2H3/b22-11+. The molecule has 0 aromatic heterocycles. The summed E-state index contributed by atoms with van der Waals surface area (Å²) >= 11 is 18.2. The number of aliphatic imine (C=N–C) groups is 1. The SMILES string of the molecule is CCOc1cc(/C=C2/N=C(c3ccc(C)c(Cl)c3)OC2=O)ccc1OCc1ccc(Cl)c(Cl)c1. The molecule has 0 saturated heterocycles. The van der Waals surface area contributed by atoms with Crippen LogP contribution in [0.4, 0.5) is 0 Å². The van der Waals surface area contributed by atoms with E-state index in [2.05, 4.69) is 4.99 Å². The topological polar surface area (TPSA) is 57.1 Å². The molecule has 8 heteroatoms. The lowest BCUT2D eigenvalue weighted by Crippen LogP contribution is -2.05.